The van der Waals surface area contributed by atoms with Crippen molar-refractivity contribution in [3.8, 4) is 0 Å². The monoisotopic (exact) mass is 189 g/mol. The lowest BCUT2D eigenvalue weighted by molar-refractivity contribution is 1.45. The van der Waals surface area contributed by atoms with Crippen LogP contribution in [0.15, 0.2) is 25.3 Å². The smallest absolute Gasteiger partial charge is 0.0423 e. The number of benzene rings is 1. The standard InChI is InChI=1S/C11H13N.C2H6/c1-4-9-7-6-8(3)11(12)10(9)5-2;1-2/h4-7H,1-2,12H2,3H3;1-2H3. The van der Waals surface area contributed by atoms with E-state index in [4.69, 9.17) is 5.73 Å². The SMILES string of the molecule is C=Cc1ccc(C)c(N)c1C=C.CC. The minimum Gasteiger partial charge on any atom is -0.398 e. The van der Waals surface area contributed by atoms with Crippen LogP contribution in [-0.2, 0) is 0 Å². The summed E-state index contributed by atoms with van der Waals surface area (Å²) >= 11 is 0. The van der Waals surface area contributed by atoms with Gasteiger partial charge in [0, 0.05) is 11.3 Å². The summed E-state index contributed by atoms with van der Waals surface area (Å²) in [7, 11) is 0. The van der Waals surface area contributed by atoms with E-state index in [0.29, 0.717) is 0 Å². The van der Waals surface area contributed by atoms with Crippen LogP contribution < -0.4 is 5.73 Å². The first-order chi connectivity index (χ1) is 6.70. The van der Waals surface area contributed by atoms with Crippen molar-refractivity contribution in [1.82, 2.24) is 0 Å². The zero-order valence-electron chi connectivity index (χ0n) is 9.30. The minimum atomic E-state index is 0.794. The Bertz CT molecular complexity index is 324. The maximum atomic E-state index is 5.85. The molecule has 1 aromatic carbocycles. The van der Waals surface area contributed by atoms with Crippen molar-refractivity contribution in [3.05, 3.63) is 42.0 Å². The average Bonchev–Trinajstić information content (AvgIpc) is 2.24. The molecule has 1 heteroatoms. The number of nitrogen functional groups attached to an aromatic ring is 1. The second kappa shape index (κ2) is 6.03. The van der Waals surface area contributed by atoms with Gasteiger partial charge in [0.15, 0.2) is 0 Å². The van der Waals surface area contributed by atoms with Gasteiger partial charge >= 0.3 is 0 Å². The molecule has 0 unspecified atom stereocenters. The normalized spacial score (nSPS) is 8.50. The first-order valence-corrected chi connectivity index (χ1v) is 4.84. The molecule has 0 amide bonds. The van der Waals surface area contributed by atoms with Gasteiger partial charge in [0.1, 0.15) is 0 Å². The Morgan fingerprint density at radius 3 is 2.14 bits per heavy atom. The van der Waals surface area contributed by atoms with Crippen molar-refractivity contribution in [2.45, 2.75) is 20.8 Å². The number of hydrogen-bond donors (Lipinski definition) is 1. The molecule has 0 saturated heterocycles. The molecule has 0 aliphatic rings. The van der Waals surface area contributed by atoms with Crippen molar-refractivity contribution < 1.29 is 0 Å². The fourth-order valence-corrected chi connectivity index (χ4v) is 1.17. The summed E-state index contributed by atoms with van der Waals surface area (Å²) in [5.74, 6) is 0. The van der Waals surface area contributed by atoms with E-state index in [1.165, 1.54) is 0 Å². The number of hydrogen-bond acceptors (Lipinski definition) is 1. The summed E-state index contributed by atoms with van der Waals surface area (Å²) in [5, 5.41) is 0. The van der Waals surface area contributed by atoms with Gasteiger partial charge in [-0.3, -0.25) is 0 Å². The van der Waals surface area contributed by atoms with Crippen LogP contribution in [0.4, 0.5) is 5.69 Å². The fraction of sp³-hybridized carbons (Fsp3) is 0.231. The summed E-state index contributed by atoms with van der Waals surface area (Å²) < 4.78 is 0. The largest absolute Gasteiger partial charge is 0.398 e. The highest BCUT2D eigenvalue weighted by atomic mass is 14.6. The summed E-state index contributed by atoms with van der Waals surface area (Å²) in [5.41, 5.74) is 9.74. The molecule has 2 N–H and O–H groups in total. The van der Waals surface area contributed by atoms with Gasteiger partial charge in [-0.05, 0) is 18.1 Å². The van der Waals surface area contributed by atoms with Crippen LogP contribution in [0.5, 0.6) is 0 Å². The summed E-state index contributed by atoms with van der Waals surface area (Å²) in [6.45, 7) is 13.4. The molecule has 0 fully saturated rings. The van der Waals surface area contributed by atoms with Crippen LogP contribution in [0.2, 0.25) is 0 Å². The molecule has 0 radical (unpaired) electrons. The summed E-state index contributed by atoms with van der Waals surface area (Å²) in [6.07, 6.45) is 3.55. The number of anilines is 1. The molecule has 76 valence electrons. The molecule has 0 aliphatic heterocycles. The van der Waals surface area contributed by atoms with Crippen molar-refractivity contribution in [1.29, 1.82) is 0 Å². The van der Waals surface area contributed by atoms with Crippen molar-refractivity contribution in [2.75, 3.05) is 5.73 Å². The Morgan fingerprint density at radius 2 is 1.71 bits per heavy atom. The van der Waals surface area contributed by atoms with E-state index < -0.39 is 0 Å². The van der Waals surface area contributed by atoms with Gasteiger partial charge in [0.25, 0.3) is 0 Å². The molecule has 1 rings (SSSR count). The van der Waals surface area contributed by atoms with Gasteiger partial charge in [-0.1, -0.05) is 51.3 Å². The molecule has 1 nitrogen and oxygen atoms in total. The molecule has 0 heterocycles. The lowest BCUT2D eigenvalue weighted by Gasteiger charge is -2.07. The van der Waals surface area contributed by atoms with Gasteiger partial charge in [-0.15, -0.1) is 0 Å². The molecule has 1 aromatic rings. The second-order valence-electron chi connectivity index (χ2n) is 2.71. The highest BCUT2D eigenvalue weighted by Crippen LogP contribution is 2.22. The van der Waals surface area contributed by atoms with Crippen LogP contribution in [0.3, 0.4) is 0 Å². The number of nitrogens with two attached hydrogens (primary N) is 1. The molecule has 0 bridgehead atoms. The van der Waals surface area contributed by atoms with Gasteiger partial charge in [0.2, 0.25) is 0 Å². The first-order valence-electron chi connectivity index (χ1n) is 4.84. The molecule has 0 aromatic heterocycles. The van der Waals surface area contributed by atoms with Crippen LogP contribution in [0, 0.1) is 6.92 Å². The third kappa shape index (κ3) is 2.49. The minimum absolute atomic E-state index is 0.794. The van der Waals surface area contributed by atoms with E-state index in [9.17, 15) is 0 Å². The quantitative estimate of drug-likeness (QED) is 0.702. The first kappa shape index (κ1) is 12.5. The zero-order valence-corrected chi connectivity index (χ0v) is 9.30. The molecule has 0 saturated carbocycles. The van der Waals surface area contributed by atoms with Crippen molar-refractivity contribution in [2.24, 2.45) is 0 Å². The Kier molecular flexibility index (Phi) is 5.38. The van der Waals surface area contributed by atoms with E-state index in [2.05, 4.69) is 13.2 Å². The van der Waals surface area contributed by atoms with Gasteiger partial charge in [0.05, 0.1) is 0 Å². The molecule has 14 heavy (non-hydrogen) atoms. The topological polar surface area (TPSA) is 26.0 Å². The molecule has 0 aliphatic carbocycles. The highest BCUT2D eigenvalue weighted by Gasteiger charge is 2.01. The maximum absolute atomic E-state index is 5.85. The van der Waals surface area contributed by atoms with E-state index >= 15 is 0 Å². The van der Waals surface area contributed by atoms with Gasteiger partial charge in [-0.25, -0.2) is 0 Å². The lowest BCUT2D eigenvalue weighted by Crippen LogP contribution is -1.95. The van der Waals surface area contributed by atoms with E-state index in [1.807, 2.05) is 32.9 Å². The zero-order chi connectivity index (χ0) is 11.1. The second-order valence-corrected chi connectivity index (χ2v) is 2.71. The average molecular weight is 189 g/mol. The third-order valence-electron chi connectivity index (χ3n) is 1.96. The van der Waals surface area contributed by atoms with Crippen LogP contribution in [0.25, 0.3) is 12.2 Å². The van der Waals surface area contributed by atoms with Crippen LogP contribution >= 0.6 is 0 Å². The summed E-state index contributed by atoms with van der Waals surface area (Å²) in [4.78, 5) is 0. The number of aryl methyl sites for hydroxylation is 1. The predicted molar refractivity (Wildman–Crippen MR) is 67.1 cm³/mol. The number of rotatable bonds is 2. The Hall–Kier alpha value is -1.50. The van der Waals surface area contributed by atoms with Gasteiger partial charge in [-0.2, -0.15) is 0 Å². The highest BCUT2D eigenvalue weighted by molar-refractivity contribution is 5.75. The molecular formula is C13H19N. The van der Waals surface area contributed by atoms with Crippen LogP contribution in [-0.4, -0.2) is 0 Å². The van der Waals surface area contributed by atoms with Crippen LogP contribution in [0.1, 0.15) is 30.5 Å². The van der Waals surface area contributed by atoms with Crippen molar-refractivity contribution >= 4 is 17.8 Å². The van der Waals surface area contributed by atoms with E-state index in [-0.39, 0.29) is 0 Å². The lowest BCUT2D eigenvalue weighted by atomic mass is 10.0. The summed E-state index contributed by atoms with van der Waals surface area (Å²) in [6, 6.07) is 3.98. The maximum Gasteiger partial charge on any atom is 0.0423 e. The Labute approximate surface area is 87.0 Å². The van der Waals surface area contributed by atoms with E-state index in [0.717, 1.165) is 22.4 Å². The predicted octanol–water partition coefficient (Wildman–Crippen LogP) is 3.89. The Morgan fingerprint density at radius 1 is 1.14 bits per heavy atom. The molecular weight excluding hydrogens is 170 g/mol. The van der Waals surface area contributed by atoms with Gasteiger partial charge < -0.3 is 5.73 Å². The van der Waals surface area contributed by atoms with E-state index in [1.54, 1.807) is 12.2 Å². The Balaban J connectivity index is 0.000000791. The third-order valence-corrected chi connectivity index (χ3v) is 1.96. The fourth-order valence-electron chi connectivity index (χ4n) is 1.17. The molecule has 0 spiro atoms. The molecule has 0 atom stereocenters. The van der Waals surface area contributed by atoms with Crippen molar-refractivity contribution in [3.63, 3.8) is 0 Å².